The van der Waals surface area contributed by atoms with E-state index in [-0.39, 0.29) is 30.9 Å². The van der Waals surface area contributed by atoms with Crippen LogP contribution in [0.3, 0.4) is 0 Å². The Balaban J connectivity index is 1.73. The number of fused-ring (bicyclic) bond motifs is 1. The first-order valence-corrected chi connectivity index (χ1v) is 8.57. The highest BCUT2D eigenvalue weighted by atomic mass is 32.1. The van der Waals surface area contributed by atoms with Crippen LogP contribution >= 0.6 is 11.3 Å². The summed E-state index contributed by atoms with van der Waals surface area (Å²) in [6, 6.07) is 7.93. The van der Waals surface area contributed by atoms with Gasteiger partial charge in [0, 0.05) is 12.5 Å². The number of amides is 1. The Morgan fingerprint density at radius 2 is 2.00 bits per heavy atom. The van der Waals surface area contributed by atoms with E-state index in [4.69, 9.17) is 4.74 Å². The third-order valence-electron chi connectivity index (χ3n) is 3.63. The normalized spacial score (nSPS) is 12.3. The number of ether oxygens (including phenoxy) is 1. The van der Waals surface area contributed by atoms with Gasteiger partial charge in [-0.25, -0.2) is 4.98 Å². The van der Waals surface area contributed by atoms with Gasteiger partial charge in [-0.05, 0) is 25.0 Å². The molecule has 0 aliphatic heterocycles. The Labute approximate surface area is 140 Å². The van der Waals surface area contributed by atoms with Crippen molar-refractivity contribution in [1.29, 1.82) is 0 Å². The molecule has 0 fully saturated rings. The topological polar surface area (TPSA) is 68.3 Å². The molecular formula is C17H22N2O3S. The van der Waals surface area contributed by atoms with Crippen molar-refractivity contribution in [3.8, 4) is 0 Å². The summed E-state index contributed by atoms with van der Waals surface area (Å²) in [5.74, 6) is -0.301. The molecule has 2 aromatic rings. The third-order valence-corrected chi connectivity index (χ3v) is 4.73. The maximum atomic E-state index is 11.7. The number of hydrogen-bond donors (Lipinski definition) is 1. The van der Waals surface area contributed by atoms with Crippen molar-refractivity contribution >= 4 is 33.4 Å². The van der Waals surface area contributed by atoms with Crippen LogP contribution in [0.5, 0.6) is 0 Å². The van der Waals surface area contributed by atoms with E-state index in [2.05, 4.69) is 10.3 Å². The number of aromatic nitrogens is 1. The van der Waals surface area contributed by atoms with Crippen molar-refractivity contribution in [2.24, 2.45) is 5.92 Å². The first-order valence-electron chi connectivity index (χ1n) is 7.75. The van der Waals surface area contributed by atoms with Gasteiger partial charge in [0.1, 0.15) is 0 Å². The molecule has 23 heavy (non-hydrogen) atoms. The highest BCUT2D eigenvalue weighted by molar-refractivity contribution is 7.18. The van der Waals surface area contributed by atoms with Gasteiger partial charge in [-0.3, -0.25) is 9.59 Å². The van der Waals surface area contributed by atoms with E-state index in [1.807, 2.05) is 45.0 Å². The number of nitrogens with one attached hydrogen (secondary N) is 1. The molecule has 0 spiro atoms. The minimum Gasteiger partial charge on any atom is -0.456 e. The summed E-state index contributed by atoms with van der Waals surface area (Å²) in [6.07, 6.45) is 0.759. The minimum atomic E-state index is -0.378. The van der Waals surface area contributed by atoms with Crippen LogP contribution in [0, 0.1) is 5.92 Å². The van der Waals surface area contributed by atoms with E-state index in [1.54, 1.807) is 11.3 Å². The van der Waals surface area contributed by atoms with E-state index in [1.165, 1.54) is 0 Å². The maximum absolute atomic E-state index is 11.7. The van der Waals surface area contributed by atoms with Gasteiger partial charge < -0.3 is 10.1 Å². The van der Waals surface area contributed by atoms with Gasteiger partial charge in [-0.2, -0.15) is 0 Å². The third kappa shape index (κ3) is 5.32. The number of aryl methyl sites for hydroxylation is 1. The van der Waals surface area contributed by atoms with Crippen LogP contribution in [0.25, 0.3) is 10.2 Å². The van der Waals surface area contributed by atoms with Crippen molar-refractivity contribution in [2.45, 2.75) is 39.7 Å². The SMILES string of the molecule is CC(C)[C@H](C)NC(=O)COC(=O)CCc1nc2ccccc2s1. The van der Waals surface area contributed by atoms with E-state index < -0.39 is 0 Å². The summed E-state index contributed by atoms with van der Waals surface area (Å²) < 4.78 is 6.12. The summed E-state index contributed by atoms with van der Waals surface area (Å²) in [5.41, 5.74) is 0.947. The zero-order chi connectivity index (χ0) is 16.8. The van der Waals surface area contributed by atoms with Crippen LogP contribution < -0.4 is 5.32 Å². The van der Waals surface area contributed by atoms with Gasteiger partial charge in [-0.1, -0.05) is 26.0 Å². The average Bonchev–Trinajstić information content (AvgIpc) is 2.93. The monoisotopic (exact) mass is 334 g/mol. The fourth-order valence-corrected chi connectivity index (χ4v) is 2.88. The zero-order valence-corrected chi connectivity index (χ0v) is 14.5. The second-order valence-corrected chi connectivity index (χ2v) is 6.95. The molecule has 5 nitrogen and oxygen atoms in total. The molecule has 124 valence electrons. The number of rotatable bonds is 7. The lowest BCUT2D eigenvalue weighted by Gasteiger charge is -2.17. The van der Waals surface area contributed by atoms with Crippen molar-refractivity contribution < 1.29 is 14.3 Å². The molecule has 1 aromatic carbocycles. The van der Waals surface area contributed by atoms with Crippen LogP contribution in [0.4, 0.5) is 0 Å². The largest absolute Gasteiger partial charge is 0.456 e. The van der Waals surface area contributed by atoms with Gasteiger partial charge in [0.25, 0.3) is 5.91 Å². The first-order chi connectivity index (χ1) is 11.0. The molecular weight excluding hydrogens is 312 g/mol. The fourth-order valence-electron chi connectivity index (χ4n) is 1.92. The Bertz CT molecular complexity index is 648. The van der Waals surface area contributed by atoms with Gasteiger partial charge in [0.15, 0.2) is 6.61 Å². The molecule has 0 unspecified atom stereocenters. The van der Waals surface area contributed by atoms with E-state index >= 15 is 0 Å². The van der Waals surface area contributed by atoms with Crippen LogP contribution in [0.2, 0.25) is 0 Å². The van der Waals surface area contributed by atoms with Crippen LogP contribution in [0.15, 0.2) is 24.3 Å². The predicted octanol–water partition coefficient (Wildman–Crippen LogP) is 2.93. The fraction of sp³-hybridized carbons (Fsp3) is 0.471. The Morgan fingerprint density at radius 1 is 1.26 bits per heavy atom. The van der Waals surface area contributed by atoms with Gasteiger partial charge in [0.2, 0.25) is 0 Å². The lowest BCUT2D eigenvalue weighted by Crippen LogP contribution is -2.38. The zero-order valence-electron chi connectivity index (χ0n) is 13.7. The molecule has 0 aliphatic carbocycles. The number of carbonyl (C=O) groups is 2. The molecule has 1 atom stereocenters. The van der Waals surface area contributed by atoms with Crippen LogP contribution in [0.1, 0.15) is 32.2 Å². The standard InChI is InChI=1S/C17H22N2O3S/c1-11(2)12(3)18-15(20)10-22-17(21)9-8-16-19-13-6-4-5-7-14(13)23-16/h4-7,11-12H,8-10H2,1-3H3,(H,18,20)/t12-/m0/s1. The number of thiazole rings is 1. The summed E-state index contributed by atoms with van der Waals surface area (Å²) >= 11 is 1.58. The van der Waals surface area contributed by atoms with Crippen molar-refractivity contribution in [3.63, 3.8) is 0 Å². The number of esters is 1. The van der Waals surface area contributed by atoms with E-state index in [0.29, 0.717) is 12.3 Å². The molecule has 1 amide bonds. The average molecular weight is 334 g/mol. The Hall–Kier alpha value is -1.95. The molecule has 0 bridgehead atoms. The summed E-state index contributed by atoms with van der Waals surface area (Å²) in [5, 5.41) is 3.70. The molecule has 1 aromatic heterocycles. The van der Waals surface area contributed by atoms with Gasteiger partial charge >= 0.3 is 5.97 Å². The van der Waals surface area contributed by atoms with Gasteiger partial charge in [-0.15, -0.1) is 11.3 Å². The van der Waals surface area contributed by atoms with Gasteiger partial charge in [0.05, 0.1) is 21.6 Å². The van der Waals surface area contributed by atoms with Crippen molar-refractivity contribution in [3.05, 3.63) is 29.3 Å². The molecule has 0 radical (unpaired) electrons. The molecule has 1 N–H and O–H groups in total. The number of hydrogen-bond acceptors (Lipinski definition) is 5. The predicted molar refractivity (Wildman–Crippen MR) is 91.3 cm³/mol. The Morgan fingerprint density at radius 3 is 2.70 bits per heavy atom. The van der Waals surface area contributed by atoms with Crippen LogP contribution in [-0.2, 0) is 20.7 Å². The summed E-state index contributed by atoms with van der Waals surface area (Å²) in [7, 11) is 0. The molecule has 0 aliphatic rings. The second-order valence-electron chi connectivity index (χ2n) is 5.84. The Kier molecular flexibility index (Phi) is 6.10. The quantitative estimate of drug-likeness (QED) is 0.791. The van der Waals surface area contributed by atoms with E-state index in [9.17, 15) is 9.59 Å². The van der Waals surface area contributed by atoms with Crippen molar-refractivity contribution in [2.75, 3.05) is 6.61 Å². The summed E-state index contributed by atoms with van der Waals surface area (Å²) in [6.45, 7) is 5.75. The minimum absolute atomic E-state index is 0.0592. The highest BCUT2D eigenvalue weighted by Gasteiger charge is 2.13. The van der Waals surface area contributed by atoms with E-state index in [0.717, 1.165) is 15.2 Å². The number of carbonyl (C=O) groups excluding carboxylic acids is 2. The molecule has 0 saturated carbocycles. The van der Waals surface area contributed by atoms with Crippen LogP contribution in [-0.4, -0.2) is 29.5 Å². The second kappa shape index (κ2) is 8.06. The lowest BCUT2D eigenvalue weighted by atomic mass is 10.1. The molecule has 0 saturated heterocycles. The molecule has 6 heteroatoms. The number of nitrogens with zero attached hydrogens (tertiary/aromatic N) is 1. The molecule has 1 heterocycles. The lowest BCUT2D eigenvalue weighted by molar-refractivity contribution is -0.148. The smallest absolute Gasteiger partial charge is 0.306 e. The van der Waals surface area contributed by atoms with Crippen molar-refractivity contribution in [1.82, 2.24) is 10.3 Å². The maximum Gasteiger partial charge on any atom is 0.306 e. The molecule has 2 rings (SSSR count). The summed E-state index contributed by atoms with van der Waals surface area (Å²) in [4.78, 5) is 27.9. The highest BCUT2D eigenvalue weighted by Crippen LogP contribution is 2.22. The number of benzene rings is 1. The first kappa shape index (κ1) is 17.4. The number of para-hydroxylation sites is 1.